The molecule has 3 atom stereocenters. The summed E-state index contributed by atoms with van der Waals surface area (Å²) in [5, 5.41) is 30.3. The molecule has 2 bridgehead atoms. The number of nitrogens with zero attached hydrogens (tertiary/aromatic N) is 1. The van der Waals surface area contributed by atoms with Gasteiger partial charge in [-0.25, -0.2) is 4.39 Å². The Morgan fingerprint density at radius 3 is 2.51 bits per heavy atom. The maximum atomic E-state index is 13.6. The van der Waals surface area contributed by atoms with Gasteiger partial charge in [-0.15, -0.1) is 0 Å². The smallest absolute Gasteiger partial charge is 0.258 e. The van der Waals surface area contributed by atoms with Gasteiger partial charge in [0.1, 0.15) is 11.6 Å². The highest BCUT2D eigenvalue weighted by molar-refractivity contribution is 6.30. The van der Waals surface area contributed by atoms with Crippen LogP contribution in [0.2, 0.25) is 10.0 Å². The zero-order valence-electron chi connectivity index (χ0n) is 21.0. The molecule has 0 spiro atoms. The third-order valence-electron chi connectivity index (χ3n) is 8.05. The summed E-state index contributed by atoms with van der Waals surface area (Å²) in [6.45, 7) is -0.348. The van der Waals surface area contributed by atoms with E-state index in [4.69, 9.17) is 32.8 Å². The molecule has 3 unspecified atom stereocenters. The molecule has 1 heterocycles. The molecule has 2 aromatic rings. The largest absolute Gasteiger partial charge is 0.762 e. The van der Waals surface area contributed by atoms with E-state index in [1.807, 2.05) is 12.1 Å². The van der Waals surface area contributed by atoms with Gasteiger partial charge < -0.3 is 25.7 Å². The molecule has 9 nitrogen and oxygen atoms in total. The van der Waals surface area contributed by atoms with Gasteiger partial charge in [-0.05, 0) is 68.4 Å². The third-order valence-corrected chi connectivity index (χ3v) is 8.61. The lowest BCUT2D eigenvalue weighted by Gasteiger charge is -2.56. The number of halogens is 3. The molecular formula is C27H29Cl2FN3O6-. The summed E-state index contributed by atoms with van der Waals surface area (Å²) in [6.07, 6.45) is 1.10. The predicted molar refractivity (Wildman–Crippen MR) is 141 cm³/mol. The Morgan fingerprint density at radius 1 is 1.13 bits per heavy atom. The van der Waals surface area contributed by atoms with E-state index in [1.54, 1.807) is 12.1 Å². The van der Waals surface area contributed by atoms with Crippen molar-refractivity contribution in [1.82, 2.24) is 15.9 Å². The molecule has 2 aromatic carbocycles. The van der Waals surface area contributed by atoms with Crippen LogP contribution in [0.1, 0.15) is 44.1 Å². The first kappa shape index (κ1) is 28.1. The summed E-state index contributed by atoms with van der Waals surface area (Å²) >= 11 is 11.6. The van der Waals surface area contributed by atoms with Crippen molar-refractivity contribution in [2.75, 3.05) is 6.61 Å². The highest BCUT2D eigenvalue weighted by Gasteiger charge is 2.55. The van der Waals surface area contributed by atoms with Crippen molar-refractivity contribution < 1.29 is 28.7 Å². The molecule has 12 heteroatoms. The summed E-state index contributed by atoms with van der Waals surface area (Å²) in [7, 11) is 0. The standard InChI is InChI=1S/C27H29Cl2FN3O6/c28-17-3-1-16(2-4-17)11-18-12-22(39-33(18)37)25(36)32-26-7-9-27(10-8-26,23(34)14-26)31-24(35)15-38-19-5-6-20(29)21(30)13-19/h1-6,13,18,22-23,34H,7-12,14-15H2,(H,31,35)(H,32,36)/q-1. The van der Waals surface area contributed by atoms with Gasteiger partial charge in [0.15, 0.2) is 12.7 Å². The average molecular weight is 581 g/mol. The molecule has 3 N–H and O–H groups in total. The minimum Gasteiger partial charge on any atom is -0.762 e. The maximum Gasteiger partial charge on any atom is 0.258 e. The minimum absolute atomic E-state index is 0.0450. The summed E-state index contributed by atoms with van der Waals surface area (Å²) in [4.78, 5) is 31.0. The fraction of sp³-hybridized carbons (Fsp3) is 0.481. The first-order chi connectivity index (χ1) is 18.6. The van der Waals surface area contributed by atoms with Gasteiger partial charge in [-0.2, -0.15) is 0 Å². The maximum absolute atomic E-state index is 13.6. The molecule has 6 rings (SSSR count). The van der Waals surface area contributed by atoms with Crippen molar-refractivity contribution in [3.63, 3.8) is 0 Å². The lowest BCUT2D eigenvalue weighted by molar-refractivity contribution is -0.160. The van der Waals surface area contributed by atoms with E-state index in [-0.39, 0.29) is 36.1 Å². The Hall–Kier alpha value is -2.47. The molecule has 1 aliphatic heterocycles. The molecule has 4 aliphatic rings. The number of hydrogen-bond acceptors (Lipinski definition) is 7. The highest BCUT2D eigenvalue weighted by Crippen LogP contribution is 2.47. The van der Waals surface area contributed by atoms with Gasteiger partial charge in [-0.3, -0.25) is 19.7 Å². The molecule has 4 fully saturated rings. The number of fused-ring (bicyclic) bond motifs is 3. The number of nitrogens with one attached hydrogen (secondary N) is 2. The zero-order chi connectivity index (χ0) is 27.8. The Morgan fingerprint density at radius 2 is 1.85 bits per heavy atom. The Labute approximate surface area is 235 Å². The Bertz CT molecular complexity index is 1220. The molecule has 39 heavy (non-hydrogen) atoms. The van der Waals surface area contributed by atoms with Gasteiger partial charge in [0.25, 0.3) is 11.8 Å². The number of aliphatic hydroxyl groups is 1. The zero-order valence-corrected chi connectivity index (χ0v) is 22.5. The minimum atomic E-state index is -0.922. The normalized spacial score (nSPS) is 30.2. The van der Waals surface area contributed by atoms with Crippen molar-refractivity contribution in [2.24, 2.45) is 0 Å². The van der Waals surface area contributed by atoms with Crippen LogP contribution >= 0.6 is 23.2 Å². The van der Waals surface area contributed by atoms with E-state index in [2.05, 4.69) is 10.6 Å². The SMILES string of the molecule is O=C(COc1ccc(Cl)c(F)c1)NC12CCC(NC(=O)C3CC(Cc4ccc(Cl)cc4)N([O-])O3)(CC1)CC2O. The second kappa shape index (κ2) is 11.2. The molecule has 3 aliphatic carbocycles. The summed E-state index contributed by atoms with van der Waals surface area (Å²) < 4.78 is 19.0. The number of carbonyl (C=O) groups is 2. The topological polar surface area (TPSA) is 123 Å². The van der Waals surface area contributed by atoms with Crippen molar-refractivity contribution in [3.05, 3.63) is 69.1 Å². The van der Waals surface area contributed by atoms with E-state index >= 15 is 0 Å². The van der Waals surface area contributed by atoms with Crippen LogP contribution in [-0.4, -0.2) is 58.1 Å². The van der Waals surface area contributed by atoms with E-state index in [1.165, 1.54) is 12.1 Å². The van der Waals surface area contributed by atoms with Gasteiger partial charge in [0.2, 0.25) is 0 Å². The van der Waals surface area contributed by atoms with Crippen LogP contribution in [0, 0.1) is 11.0 Å². The van der Waals surface area contributed by atoms with Crippen LogP contribution in [0.25, 0.3) is 0 Å². The number of carbonyl (C=O) groups excluding carboxylic acids is 2. The lowest BCUT2D eigenvalue weighted by Crippen LogP contribution is -2.70. The molecule has 210 valence electrons. The Balaban J connectivity index is 1.13. The summed E-state index contributed by atoms with van der Waals surface area (Å²) in [6, 6.07) is 10.6. The van der Waals surface area contributed by atoms with Gasteiger partial charge >= 0.3 is 0 Å². The highest BCUT2D eigenvalue weighted by atomic mass is 35.5. The van der Waals surface area contributed by atoms with Crippen LogP contribution in [0.5, 0.6) is 5.75 Å². The lowest BCUT2D eigenvalue weighted by atomic mass is 9.60. The van der Waals surface area contributed by atoms with Crippen molar-refractivity contribution >= 4 is 35.0 Å². The number of benzene rings is 2. The predicted octanol–water partition coefficient (Wildman–Crippen LogP) is 3.67. The van der Waals surface area contributed by atoms with E-state index in [0.29, 0.717) is 42.4 Å². The number of ether oxygens (including phenoxy) is 1. The molecule has 2 amide bonds. The molecule has 0 aromatic heterocycles. The molecule has 1 saturated heterocycles. The van der Waals surface area contributed by atoms with E-state index < -0.39 is 41.1 Å². The monoisotopic (exact) mass is 580 g/mol. The van der Waals surface area contributed by atoms with Gasteiger partial charge in [0, 0.05) is 29.1 Å². The summed E-state index contributed by atoms with van der Waals surface area (Å²) in [5.41, 5.74) is -0.566. The second-order valence-corrected chi connectivity index (χ2v) is 11.5. The molecular weight excluding hydrogens is 552 g/mol. The van der Waals surface area contributed by atoms with Gasteiger partial charge in [0.05, 0.1) is 16.7 Å². The van der Waals surface area contributed by atoms with Crippen LogP contribution in [0.4, 0.5) is 4.39 Å². The summed E-state index contributed by atoms with van der Waals surface area (Å²) in [5.74, 6) is -1.31. The fourth-order valence-electron chi connectivity index (χ4n) is 5.83. The van der Waals surface area contributed by atoms with Crippen LogP contribution in [-0.2, 0) is 20.8 Å². The Kier molecular flexibility index (Phi) is 8.05. The number of amides is 2. The van der Waals surface area contributed by atoms with Gasteiger partial charge in [-0.1, -0.05) is 35.3 Å². The molecule has 0 radical (unpaired) electrons. The van der Waals surface area contributed by atoms with Crippen molar-refractivity contribution in [2.45, 2.75) is 74.3 Å². The fourth-order valence-corrected chi connectivity index (χ4v) is 6.07. The van der Waals surface area contributed by atoms with Crippen molar-refractivity contribution in [3.8, 4) is 5.75 Å². The number of aliphatic hydroxyl groups excluding tert-OH is 1. The number of hydroxylamine groups is 2. The second-order valence-electron chi connectivity index (χ2n) is 10.7. The number of rotatable bonds is 8. The van der Waals surface area contributed by atoms with E-state index in [9.17, 15) is 24.3 Å². The molecule has 3 saturated carbocycles. The first-order valence-electron chi connectivity index (χ1n) is 12.8. The van der Waals surface area contributed by atoms with Crippen LogP contribution in [0.15, 0.2) is 42.5 Å². The van der Waals surface area contributed by atoms with Crippen LogP contribution < -0.4 is 15.4 Å². The van der Waals surface area contributed by atoms with Crippen LogP contribution in [0.3, 0.4) is 0 Å². The third kappa shape index (κ3) is 6.16. The van der Waals surface area contributed by atoms with E-state index in [0.717, 1.165) is 11.6 Å². The quantitative estimate of drug-likeness (QED) is 0.435. The van der Waals surface area contributed by atoms with Crippen molar-refractivity contribution in [1.29, 1.82) is 0 Å². The average Bonchev–Trinajstić information content (AvgIpc) is 3.27. The number of hydrogen-bond donors (Lipinski definition) is 3. The first-order valence-corrected chi connectivity index (χ1v) is 13.6.